The zero-order valence-corrected chi connectivity index (χ0v) is 22.9. The van der Waals surface area contributed by atoms with Gasteiger partial charge in [0.25, 0.3) is 8.32 Å². The zero-order valence-electron chi connectivity index (χ0n) is 21.9. The summed E-state index contributed by atoms with van der Waals surface area (Å²) in [5, 5.41) is 11.8. The van der Waals surface area contributed by atoms with Crippen molar-refractivity contribution in [2.45, 2.75) is 44.3 Å². The standard InChI is InChI=1S/C29H33F3O5Si/c1-29(2,3)38(21-11-7-5-8-12-21,22-13-9-6-10-14-22)37-16-15-25(36-19-35-4)26(28(33)34)20-17-23(30)27(32)24(31)18-20/h5-14,17-18,25-26H,15-16,19H2,1-4H3,(H,33,34)/t25-,26+/m1/s1. The third-order valence-corrected chi connectivity index (χ3v) is 11.6. The lowest BCUT2D eigenvalue weighted by molar-refractivity contribution is -0.147. The highest BCUT2D eigenvalue weighted by Gasteiger charge is 2.50. The van der Waals surface area contributed by atoms with E-state index in [0.717, 1.165) is 10.4 Å². The monoisotopic (exact) mass is 546 g/mol. The van der Waals surface area contributed by atoms with E-state index in [9.17, 15) is 23.1 Å². The van der Waals surface area contributed by atoms with Gasteiger partial charge in [-0.1, -0.05) is 81.4 Å². The van der Waals surface area contributed by atoms with E-state index in [4.69, 9.17) is 13.9 Å². The first-order valence-electron chi connectivity index (χ1n) is 12.3. The van der Waals surface area contributed by atoms with Crippen molar-refractivity contribution in [2.75, 3.05) is 20.5 Å². The number of benzene rings is 3. The molecule has 2 atom stereocenters. The van der Waals surface area contributed by atoms with Crippen LogP contribution in [-0.2, 0) is 18.7 Å². The summed E-state index contributed by atoms with van der Waals surface area (Å²) in [7, 11) is -1.54. The summed E-state index contributed by atoms with van der Waals surface area (Å²) in [6.07, 6.45) is -0.999. The molecule has 5 nitrogen and oxygen atoms in total. The second-order valence-corrected chi connectivity index (χ2v) is 14.3. The van der Waals surface area contributed by atoms with Gasteiger partial charge in [0, 0.05) is 13.7 Å². The van der Waals surface area contributed by atoms with E-state index in [0.29, 0.717) is 12.1 Å². The van der Waals surface area contributed by atoms with Crippen LogP contribution in [0.25, 0.3) is 0 Å². The van der Waals surface area contributed by atoms with E-state index < -0.39 is 43.8 Å². The number of carboxylic acids is 1. The molecule has 0 radical (unpaired) electrons. The number of aliphatic carboxylic acids is 1. The summed E-state index contributed by atoms with van der Waals surface area (Å²) in [6, 6.07) is 21.2. The molecule has 3 rings (SSSR count). The van der Waals surface area contributed by atoms with Crippen molar-refractivity contribution in [1.82, 2.24) is 0 Å². The highest BCUT2D eigenvalue weighted by Crippen LogP contribution is 2.37. The average Bonchev–Trinajstić information content (AvgIpc) is 2.88. The lowest BCUT2D eigenvalue weighted by Gasteiger charge is -2.43. The van der Waals surface area contributed by atoms with Gasteiger partial charge in [0.1, 0.15) is 12.7 Å². The second kappa shape index (κ2) is 12.7. The number of halogens is 3. The summed E-state index contributed by atoms with van der Waals surface area (Å²) in [5.74, 6) is -7.47. The molecule has 0 saturated carbocycles. The maximum absolute atomic E-state index is 14.0. The Morgan fingerprint density at radius 1 is 0.921 bits per heavy atom. The Morgan fingerprint density at radius 3 is 1.84 bits per heavy atom. The molecule has 0 fully saturated rings. The van der Waals surface area contributed by atoms with Crippen LogP contribution in [0.2, 0.25) is 5.04 Å². The minimum Gasteiger partial charge on any atom is -0.481 e. The molecule has 204 valence electrons. The van der Waals surface area contributed by atoms with Crippen molar-refractivity contribution >= 4 is 24.7 Å². The van der Waals surface area contributed by atoms with Crippen LogP contribution in [0, 0.1) is 17.5 Å². The minimum atomic E-state index is -2.92. The van der Waals surface area contributed by atoms with Crippen LogP contribution in [0.5, 0.6) is 0 Å². The van der Waals surface area contributed by atoms with Gasteiger partial charge in [-0.3, -0.25) is 4.79 Å². The van der Waals surface area contributed by atoms with Gasteiger partial charge in [-0.2, -0.15) is 0 Å². The molecule has 0 aliphatic rings. The van der Waals surface area contributed by atoms with Gasteiger partial charge in [0.05, 0.1) is 6.10 Å². The van der Waals surface area contributed by atoms with Gasteiger partial charge in [-0.15, -0.1) is 0 Å². The number of hydrogen-bond acceptors (Lipinski definition) is 4. The molecular weight excluding hydrogens is 513 g/mol. The van der Waals surface area contributed by atoms with Crippen molar-refractivity contribution in [3.8, 4) is 0 Å². The predicted molar refractivity (Wildman–Crippen MR) is 142 cm³/mol. The molecule has 0 unspecified atom stereocenters. The lowest BCUT2D eigenvalue weighted by Crippen LogP contribution is -2.66. The number of hydrogen-bond donors (Lipinski definition) is 1. The topological polar surface area (TPSA) is 65.0 Å². The Labute approximate surface area is 222 Å². The van der Waals surface area contributed by atoms with Gasteiger partial charge in [-0.05, 0) is 39.5 Å². The molecule has 0 heterocycles. The molecule has 0 amide bonds. The van der Waals surface area contributed by atoms with Gasteiger partial charge in [0.2, 0.25) is 0 Å². The van der Waals surface area contributed by atoms with Crippen molar-refractivity contribution < 1.29 is 37.0 Å². The maximum Gasteiger partial charge on any atom is 0.313 e. The van der Waals surface area contributed by atoms with Crippen LogP contribution in [0.3, 0.4) is 0 Å². The van der Waals surface area contributed by atoms with Gasteiger partial charge in [0.15, 0.2) is 17.5 Å². The zero-order chi connectivity index (χ0) is 27.9. The summed E-state index contributed by atoms with van der Waals surface area (Å²) in [6.45, 7) is 6.18. The van der Waals surface area contributed by atoms with Crippen molar-refractivity contribution in [2.24, 2.45) is 0 Å². The smallest absolute Gasteiger partial charge is 0.313 e. The molecule has 38 heavy (non-hydrogen) atoms. The highest BCUT2D eigenvalue weighted by molar-refractivity contribution is 6.99. The van der Waals surface area contributed by atoms with E-state index in [2.05, 4.69) is 20.8 Å². The van der Waals surface area contributed by atoms with Crippen molar-refractivity contribution in [3.63, 3.8) is 0 Å². The third-order valence-electron chi connectivity index (χ3n) is 6.54. The number of rotatable bonds is 12. The molecule has 0 aromatic heterocycles. The van der Waals surface area contributed by atoms with Crippen molar-refractivity contribution in [3.05, 3.63) is 95.8 Å². The van der Waals surface area contributed by atoms with E-state index >= 15 is 0 Å². The molecule has 1 N–H and O–H groups in total. The first-order chi connectivity index (χ1) is 18.0. The van der Waals surface area contributed by atoms with Crippen LogP contribution < -0.4 is 10.4 Å². The van der Waals surface area contributed by atoms with Gasteiger partial charge in [-0.25, -0.2) is 13.2 Å². The van der Waals surface area contributed by atoms with Crippen LogP contribution in [0.4, 0.5) is 13.2 Å². The van der Waals surface area contributed by atoms with E-state index in [1.807, 2.05) is 60.7 Å². The predicted octanol–water partition coefficient (Wildman–Crippen LogP) is 5.23. The Balaban J connectivity index is 1.99. The van der Waals surface area contributed by atoms with Crippen molar-refractivity contribution in [1.29, 1.82) is 0 Å². The Morgan fingerprint density at radius 2 is 1.42 bits per heavy atom. The first-order valence-corrected chi connectivity index (χ1v) is 14.2. The maximum atomic E-state index is 14.0. The quantitative estimate of drug-likeness (QED) is 0.192. The molecule has 0 saturated heterocycles. The normalized spacial score (nSPS) is 13.8. The molecular formula is C29H33F3O5Si. The number of carbonyl (C=O) groups is 1. The van der Waals surface area contributed by atoms with E-state index in [1.54, 1.807) is 0 Å². The number of carboxylic acid groups (broad SMARTS) is 1. The molecule has 0 aliphatic heterocycles. The van der Waals surface area contributed by atoms with Gasteiger partial charge < -0.3 is 19.0 Å². The van der Waals surface area contributed by atoms with Crippen LogP contribution in [0.1, 0.15) is 38.7 Å². The number of methoxy groups -OCH3 is 1. The first kappa shape index (κ1) is 29.6. The van der Waals surface area contributed by atoms with Crippen LogP contribution in [-0.4, -0.2) is 46.0 Å². The summed E-state index contributed by atoms with van der Waals surface area (Å²) in [5.41, 5.74) is -0.250. The second-order valence-electron chi connectivity index (χ2n) is 10.0. The lowest BCUT2D eigenvalue weighted by atomic mass is 9.91. The van der Waals surface area contributed by atoms with E-state index in [-0.39, 0.29) is 30.4 Å². The molecule has 0 bridgehead atoms. The highest BCUT2D eigenvalue weighted by atomic mass is 28.4. The molecule has 3 aromatic rings. The SMILES string of the molecule is COCO[C@H](CCO[Si](c1ccccc1)(c1ccccc1)C(C)(C)C)[C@@H](C(=O)O)c1cc(F)c(F)c(F)c1. The molecule has 3 aromatic carbocycles. The van der Waals surface area contributed by atoms with Gasteiger partial charge >= 0.3 is 5.97 Å². The fourth-order valence-corrected chi connectivity index (χ4v) is 9.44. The fourth-order valence-electron chi connectivity index (χ4n) is 4.86. The number of ether oxygens (including phenoxy) is 2. The fraction of sp³-hybridized carbons (Fsp3) is 0.345. The Hall–Kier alpha value is -2.98. The third kappa shape index (κ3) is 6.35. The molecule has 0 aliphatic carbocycles. The minimum absolute atomic E-state index is 0.0748. The molecule has 9 heteroatoms. The van der Waals surface area contributed by atoms with Crippen LogP contribution in [0.15, 0.2) is 72.8 Å². The largest absolute Gasteiger partial charge is 0.481 e. The molecule has 0 spiro atoms. The van der Waals surface area contributed by atoms with E-state index in [1.165, 1.54) is 7.11 Å². The summed E-state index contributed by atoms with van der Waals surface area (Å²) < 4.78 is 59.1. The Bertz CT molecular complexity index is 1140. The summed E-state index contributed by atoms with van der Waals surface area (Å²) >= 11 is 0. The van der Waals surface area contributed by atoms with Crippen LogP contribution >= 0.6 is 0 Å². The summed E-state index contributed by atoms with van der Waals surface area (Å²) in [4.78, 5) is 12.3. The Kier molecular flexibility index (Phi) is 9.89. The average molecular weight is 547 g/mol.